The Morgan fingerprint density at radius 2 is 0.692 bits per heavy atom. The van der Waals surface area contributed by atoms with E-state index < -0.39 is 0 Å². The molecule has 23 rings (SSSR count). The molecule has 25 atom stereocenters. The van der Waals surface area contributed by atoms with Gasteiger partial charge in [0, 0.05) is 73.6 Å². The molecule has 0 radical (unpaired) electrons. The van der Waals surface area contributed by atoms with Crippen LogP contribution in [0.3, 0.4) is 0 Å². The molecule has 23 fully saturated rings. The number of nitrogens with zero attached hydrogens (tertiary/aromatic N) is 3. The highest BCUT2D eigenvalue weighted by Crippen LogP contribution is 2.64. The lowest BCUT2D eigenvalue weighted by Gasteiger charge is -2.57. The van der Waals surface area contributed by atoms with E-state index in [0.29, 0.717) is 58.8 Å². The summed E-state index contributed by atoms with van der Waals surface area (Å²) in [6.07, 6.45) is 60.9. The number of hydrogen-bond acceptors (Lipinski definition) is 9. The van der Waals surface area contributed by atoms with Gasteiger partial charge in [0.05, 0.1) is 0 Å². The third-order valence-electron chi connectivity index (χ3n) is 37.2. The van der Waals surface area contributed by atoms with Gasteiger partial charge in [0.2, 0.25) is 29.5 Å². The second-order valence-corrected chi connectivity index (χ2v) is 43.2. The van der Waals surface area contributed by atoms with Crippen molar-refractivity contribution in [2.24, 2.45) is 166 Å². The average Bonchev–Trinajstić information content (AvgIpc) is 1.50. The van der Waals surface area contributed by atoms with E-state index in [-0.39, 0.29) is 53.7 Å². The van der Waals surface area contributed by atoms with Crippen LogP contribution in [0.2, 0.25) is 0 Å². The second-order valence-electron chi connectivity index (χ2n) is 43.2. The Hall–Kier alpha value is -5.53. The fourth-order valence-corrected chi connectivity index (χ4v) is 33.3. The SMILES string of the molecule is C=C(C)C(=O)N(CC)C1C2CC3CC(C2)CC1C3.C=C(C)C(=O)NC1CC2CC1C1CCCCC21.C=C(C)C(=O)OC1CC2CC1C1CCCCC21.C=CC(=O)N(C)C1C2CC3CC(C2)CC1C3.C=CC(=O)N(C)C1CC2CC1C1CCCCC21.C=CC(=O)NC1CC2CC1C1CCCCC21.C=CC(=O)OC1CC2CC1C1CCCCC21. The van der Waals surface area contributed by atoms with Gasteiger partial charge >= 0.3 is 11.9 Å². The fourth-order valence-electron chi connectivity index (χ4n) is 33.3. The highest BCUT2D eigenvalue weighted by atomic mass is 16.5. The number of esters is 2. The molecular weight excluding hydrogens is 1450 g/mol. The topological polar surface area (TPSA) is 172 Å². The van der Waals surface area contributed by atoms with Crippen LogP contribution in [0.25, 0.3) is 0 Å². The second kappa shape index (κ2) is 37.7. The summed E-state index contributed by atoms with van der Waals surface area (Å²) in [4.78, 5) is 87.9. The van der Waals surface area contributed by atoms with Gasteiger partial charge in [-0.15, -0.1) is 0 Å². The van der Waals surface area contributed by atoms with Crippen LogP contribution >= 0.6 is 0 Å². The molecule has 14 heteroatoms. The van der Waals surface area contributed by atoms with Gasteiger partial charge in [-0.25, -0.2) is 9.59 Å². The maximum Gasteiger partial charge on any atom is 0.333 e. The molecule has 2 N–H and O–H groups in total. The minimum Gasteiger partial charge on any atom is -0.459 e. The van der Waals surface area contributed by atoms with Crippen molar-refractivity contribution in [3.05, 3.63) is 87.1 Å². The smallest absolute Gasteiger partial charge is 0.333 e. The number of likely N-dealkylation sites (N-methyl/N-ethyl adjacent to an activating group) is 3. The zero-order valence-corrected chi connectivity index (χ0v) is 73.5. The van der Waals surface area contributed by atoms with Crippen LogP contribution in [0.5, 0.6) is 0 Å². The van der Waals surface area contributed by atoms with Crippen molar-refractivity contribution >= 4 is 41.5 Å². The highest BCUT2D eigenvalue weighted by molar-refractivity contribution is 5.93. The van der Waals surface area contributed by atoms with Crippen molar-refractivity contribution < 1.29 is 43.0 Å². The molecular formula is C103H155N5O9. The van der Waals surface area contributed by atoms with Crippen LogP contribution in [0, 0.1) is 166 Å². The van der Waals surface area contributed by atoms with Gasteiger partial charge < -0.3 is 34.8 Å². The molecule has 0 aromatic rings. The summed E-state index contributed by atoms with van der Waals surface area (Å²) in [7, 11) is 3.93. The molecule has 5 amide bonds. The number of fused-ring (bicyclic) bond motifs is 25. The molecule has 117 heavy (non-hydrogen) atoms. The summed E-state index contributed by atoms with van der Waals surface area (Å²) in [6, 6.07) is 2.44. The number of ether oxygens (including phenoxy) is 2. The van der Waals surface area contributed by atoms with E-state index in [9.17, 15) is 33.6 Å². The van der Waals surface area contributed by atoms with E-state index >= 15 is 0 Å². The minimum atomic E-state index is -0.232. The third-order valence-corrected chi connectivity index (χ3v) is 37.2. The molecule has 14 nitrogen and oxygen atoms in total. The lowest BCUT2D eigenvalue weighted by Crippen LogP contribution is -2.57. The van der Waals surface area contributed by atoms with Crippen molar-refractivity contribution in [2.45, 2.75) is 327 Å². The molecule has 0 aromatic carbocycles. The van der Waals surface area contributed by atoms with Gasteiger partial charge in [0.1, 0.15) is 12.2 Å². The van der Waals surface area contributed by atoms with Crippen molar-refractivity contribution in [1.82, 2.24) is 25.3 Å². The quantitative estimate of drug-likeness (QED) is 0.120. The zero-order chi connectivity index (χ0) is 82.4. The van der Waals surface area contributed by atoms with Crippen LogP contribution < -0.4 is 10.6 Å². The van der Waals surface area contributed by atoms with Crippen LogP contribution in [0.15, 0.2) is 87.1 Å². The number of nitrogens with one attached hydrogen (secondary N) is 2. The first-order valence-electron chi connectivity index (χ1n) is 48.8. The Labute approximate surface area is 706 Å². The Morgan fingerprint density at radius 1 is 0.342 bits per heavy atom. The van der Waals surface area contributed by atoms with Gasteiger partial charge in [-0.2, -0.15) is 0 Å². The molecule has 0 aliphatic heterocycles. The monoisotopic (exact) mass is 1610 g/mol. The number of rotatable bonds is 15. The van der Waals surface area contributed by atoms with Crippen molar-refractivity contribution in [1.29, 1.82) is 0 Å². The molecule has 0 aromatic heterocycles. The molecule has 0 saturated heterocycles. The van der Waals surface area contributed by atoms with E-state index in [2.05, 4.69) is 68.5 Å². The number of carbonyl (C=O) groups is 7. The van der Waals surface area contributed by atoms with E-state index in [1.54, 1.807) is 13.8 Å². The Balaban J connectivity index is 0.000000107. The number of carbonyl (C=O) groups excluding carboxylic acids is 7. The summed E-state index contributed by atoms with van der Waals surface area (Å²) < 4.78 is 11.1. The zero-order valence-electron chi connectivity index (χ0n) is 73.5. The maximum absolute atomic E-state index is 12.3. The Kier molecular flexibility index (Phi) is 27.8. The molecule has 23 aliphatic rings. The summed E-state index contributed by atoms with van der Waals surface area (Å²) in [5, 5.41) is 6.34. The predicted octanol–water partition coefficient (Wildman–Crippen LogP) is 20.2. The van der Waals surface area contributed by atoms with Gasteiger partial charge in [-0.3, -0.25) is 24.0 Å². The van der Waals surface area contributed by atoms with E-state index in [1.807, 2.05) is 30.8 Å². The van der Waals surface area contributed by atoms with Gasteiger partial charge in [-0.1, -0.05) is 110 Å². The van der Waals surface area contributed by atoms with Crippen molar-refractivity contribution in [3.8, 4) is 0 Å². The lowest BCUT2D eigenvalue weighted by molar-refractivity contribution is -0.149. The van der Waals surface area contributed by atoms with Crippen LogP contribution in [0.4, 0.5) is 0 Å². The molecule has 25 unspecified atom stereocenters. The van der Waals surface area contributed by atoms with Crippen LogP contribution in [-0.2, 0) is 43.0 Å². The minimum absolute atomic E-state index is 0.0184. The fraction of sp³-hybridized carbons (Fsp3) is 0.796. The van der Waals surface area contributed by atoms with Crippen LogP contribution in [-0.4, -0.2) is 119 Å². The van der Waals surface area contributed by atoms with Crippen LogP contribution in [0.1, 0.15) is 285 Å². The third kappa shape index (κ3) is 18.2. The van der Waals surface area contributed by atoms with Gasteiger partial charge in [-0.05, 0) is 404 Å². The average molecular weight is 1610 g/mol. The summed E-state index contributed by atoms with van der Waals surface area (Å²) >= 11 is 0. The first kappa shape index (κ1) is 86.4. The largest absolute Gasteiger partial charge is 0.459 e. The first-order chi connectivity index (χ1) is 56.4. The van der Waals surface area contributed by atoms with Gasteiger partial charge in [0.25, 0.3) is 0 Å². The molecule has 646 valence electrons. The van der Waals surface area contributed by atoms with Crippen molar-refractivity contribution in [3.63, 3.8) is 0 Å². The highest BCUT2D eigenvalue weighted by Gasteiger charge is 2.60. The summed E-state index contributed by atoms with van der Waals surface area (Å²) in [5.74, 6) is 24.5. The normalized spacial score (nSPS) is 43.6. The Morgan fingerprint density at radius 3 is 1.08 bits per heavy atom. The molecule has 23 aliphatic carbocycles. The van der Waals surface area contributed by atoms with E-state index in [1.165, 1.54) is 268 Å². The molecule has 18 bridgehead atoms. The first-order valence-corrected chi connectivity index (χ1v) is 48.8. The number of amides is 5. The Bertz CT molecular complexity index is 3460. The lowest BCUT2D eigenvalue weighted by atomic mass is 9.54. The van der Waals surface area contributed by atoms with Gasteiger partial charge in [0.15, 0.2) is 0 Å². The molecule has 0 spiro atoms. The van der Waals surface area contributed by atoms with E-state index in [0.717, 1.165) is 173 Å². The standard InChI is InChI=1S/C16H25NO.2C15H23NO.C15H22O2.2C14H21NO.C14H20O2/c1-4-17(16(18)10(2)3)15-13-6-11-5-12(8-13)9-14(15)7-11;1-9(2)15(17)16-14-8-10-7-13(14)12-6-4-3-5-11(10)12;1-3-15(17)16(2)14-9-10-8-13(14)12-7-5-4-6-11(10)12;1-9(2)15(16)17-14-8-10-7-13(14)12-6-4-3-5-11(10)12;1-3-13(16)15(2)14-11-5-9-4-10(7-11)8-12(14)6-9;1-2-14(16)15-13-8-9-7-12(13)11-6-4-3-5-10(9)11;1-2-14(15)16-13-8-9-7-12(13)11-6-4-3-5-10(9)11/h11-15H,2,4-9H2,1,3H3;10-14H,1,3-8H2,2H3,(H,16,17);3,10-14H,1,4-9H2,2H3;10-14H,1,3-8H2,2H3;3,9-12,14H,1,4-8H2,2H3;2,9-13H,1,3-8H2,(H,15,16);2,9-13H,1,3-8H2. The molecule has 0 heterocycles. The van der Waals surface area contributed by atoms with E-state index in [4.69, 9.17) is 9.47 Å². The van der Waals surface area contributed by atoms with Crippen molar-refractivity contribution in [2.75, 3.05) is 20.6 Å². The number of hydrogen-bond donors (Lipinski definition) is 2. The summed E-state index contributed by atoms with van der Waals surface area (Å²) in [5.41, 5.74) is 1.88. The summed E-state index contributed by atoms with van der Waals surface area (Å²) in [6.45, 7) is 33.8. The molecule has 23 saturated carbocycles. The maximum atomic E-state index is 12.3. The predicted molar refractivity (Wildman–Crippen MR) is 466 cm³/mol.